The minimum atomic E-state index is -0.529. The largest absolute Gasteiger partial charge is 0.337 e. The minimum absolute atomic E-state index is 0.160. The molecule has 0 aliphatic heterocycles. The topological polar surface area (TPSA) is 75.0 Å². The maximum absolute atomic E-state index is 13.8. The summed E-state index contributed by atoms with van der Waals surface area (Å²) < 4.78 is 13.8. The maximum Gasteiger partial charge on any atom is 0.254 e. The monoisotopic (exact) mass is 286 g/mol. The normalized spacial score (nSPS) is 9.86. The number of hydrogen-bond acceptors (Lipinski definition) is 3. The van der Waals surface area contributed by atoms with Gasteiger partial charge in [-0.05, 0) is 18.2 Å². The molecule has 108 valence electrons. The van der Waals surface area contributed by atoms with Gasteiger partial charge >= 0.3 is 0 Å². The zero-order valence-corrected chi connectivity index (χ0v) is 11.6. The Hall–Kier alpha value is -2.65. The van der Waals surface area contributed by atoms with Crippen LogP contribution in [0.1, 0.15) is 21.5 Å². The van der Waals surface area contributed by atoms with Crippen molar-refractivity contribution in [1.29, 1.82) is 0 Å². The SMILES string of the molecule is CN(Cc1cn[nH]c1)C(=O)c1ccc(C#CCN)c(F)c1. The van der Waals surface area contributed by atoms with Crippen LogP contribution in [-0.4, -0.2) is 34.6 Å². The molecule has 1 aromatic carbocycles. The maximum atomic E-state index is 13.8. The third kappa shape index (κ3) is 3.68. The van der Waals surface area contributed by atoms with Gasteiger partial charge in [0.2, 0.25) is 0 Å². The Labute approximate surface area is 122 Å². The molecule has 6 heteroatoms. The molecule has 3 N–H and O–H groups in total. The number of carbonyl (C=O) groups excluding carboxylic acids is 1. The van der Waals surface area contributed by atoms with E-state index in [4.69, 9.17) is 5.73 Å². The molecular formula is C15H15FN4O. The fourth-order valence-electron chi connectivity index (χ4n) is 1.83. The van der Waals surface area contributed by atoms with Gasteiger partial charge in [-0.2, -0.15) is 5.10 Å². The van der Waals surface area contributed by atoms with Crippen molar-refractivity contribution >= 4 is 5.91 Å². The molecule has 2 rings (SSSR count). The first kappa shape index (κ1) is 14.8. The zero-order valence-electron chi connectivity index (χ0n) is 11.6. The summed E-state index contributed by atoms with van der Waals surface area (Å²) >= 11 is 0. The summed E-state index contributed by atoms with van der Waals surface area (Å²) in [5.41, 5.74) is 6.62. The highest BCUT2D eigenvalue weighted by molar-refractivity contribution is 5.94. The van der Waals surface area contributed by atoms with E-state index >= 15 is 0 Å². The molecule has 21 heavy (non-hydrogen) atoms. The van der Waals surface area contributed by atoms with E-state index < -0.39 is 5.82 Å². The van der Waals surface area contributed by atoms with Gasteiger partial charge < -0.3 is 10.6 Å². The standard InChI is InChI=1S/C15H15FN4O/c1-20(10-11-8-18-19-9-11)15(21)13-5-4-12(3-2-6-17)14(16)7-13/h4-5,7-9H,6,10,17H2,1H3,(H,18,19). The van der Waals surface area contributed by atoms with E-state index in [1.807, 2.05) is 0 Å². The van der Waals surface area contributed by atoms with Crippen molar-refractivity contribution in [3.8, 4) is 11.8 Å². The second-order valence-electron chi connectivity index (χ2n) is 4.47. The molecule has 0 atom stereocenters. The molecule has 0 bridgehead atoms. The molecule has 0 aliphatic rings. The Kier molecular flexibility index (Phi) is 4.69. The fourth-order valence-corrected chi connectivity index (χ4v) is 1.83. The molecule has 0 saturated heterocycles. The second kappa shape index (κ2) is 6.68. The number of nitrogens with two attached hydrogens (primary N) is 1. The third-order valence-electron chi connectivity index (χ3n) is 2.86. The summed E-state index contributed by atoms with van der Waals surface area (Å²) in [6.45, 7) is 0.555. The molecular weight excluding hydrogens is 271 g/mol. The van der Waals surface area contributed by atoms with Crippen molar-refractivity contribution in [2.45, 2.75) is 6.54 Å². The zero-order chi connectivity index (χ0) is 15.2. The first-order valence-corrected chi connectivity index (χ1v) is 6.33. The van der Waals surface area contributed by atoms with E-state index in [1.165, 1.54) is 17.0 Å². The number of aromatic amines is 1. The van der Waals surface area contributed by atoms with E-state index in [0.717, 1.165) is 5.56 Å². The number of H-pyrrole nitrogens is 1. The van der Waals surface area contributed by atoms with Gasteiger partial charge in [0.1, 0.15) is 5.82 Å². The van der Waals surface area contributed by atoms with Gasteiger partial charge in [-0.3, -0.25) is 9.89 Å². The van der Waals surface area contributed by atoms with Gasteiger partial charge in [0.15, 0.2) is 0 Å². The lowest BCUT2D eigenvalue weighted by Gasteiger charge is -2.16. The van der Waals surface area contributed by atoms with E-state index in [-0.39, 0.29) is 23.6 Å². The van der Waals surface area contributed by atoms with Crippen molar-refractivity contribution in [3.63, 3.8) is 0 Å². The molecule has 0 radical (unpaired) electrons. The summed E-state index contributed by atoms with van der Waals surface area (Å²) in [4.78, 5) is 13.7. The predicted octanol–water partition coefficient (Wildman–Crippen LogP) is 1.13. The van der Waals surface area contributed by atoms with Crippen molar-refractivity contribution < 1.29 is 9.18 Å². The lowest BCUT2D eigenvalue weighted by molar-refractivity contribution is 0.0784. The number of aromatic nitrogens is 2. The van der Waals surface area contributed by atoms with Crippen LogP contribution in [0.4, 0.5) is 4.39 Å². The molecule has 0 saturated carbocycles. The van der Waals surface area contributed by atoms with Crippen LogP contribution in [0.5, 0.6) is 0 Å². The highest BCUT2D eigenvalue weighted by atomic mass is 19.1. The van der Waals surface area contributed by atoms with Crippen LogP contribution in [0.2, 0.25) is 0 Å². The summed E-state index contributed by atoms with van der Waals surface area (Å²) in [6, 6.07) is 4.23. The van der Waals surface area contributed by atoms with E-state index in [1.54, 1.807) is 25.5 Å². The number of nitrogens with one attached hydrogen (secondary N) is 1. The second-order valence-corrected chi connectivity index (χ2v) is 4.47. The lowest BCUT2D eigenvalue weighted by atomic mass is 10.1. The smallest absolute Gasteiger partial charge is 0.254 e. The number of amides is 1. The van der Waals surface area contributed by atoms with Crippen LogP contribution in [0.3, 0.4) is 0 Å². The van der Waals surface area contributed by atoms with Crippen molar-refractivity contribution in [2.24, 2.45) is 5.73 Å². The number of carbonyl (C=O) groups is 1. The van der Waals surface area contributed by atoms with Crippen molar-refractivity contribution in [2.75, 3.05) is 13.6 Å². The van der Waals surface area contributed by atoms with E-state index in [9.17, 15) is 9.18 Å². The first-order chi connectivity index (χ1) is 10.1. The van der Waals surface area contributed by atoms with E-state index in [0.29, 0.717) is 6.54 Å². The van der Waals surface area contributed by atoms with Crippen LogP contribution in [-0.2, 0) is 6.54 Å². The van der Waals surface area contributed by atoms with Crippen molar-refractivity contribution in [3.05, 3.63) is 53.1 Å². The number of rotatable bonds is 3. The van der Waals surface area contributed by atoms with E-state index in [2.05, 4.69) is 22.0 Å². The highest BCUT2D eigenvalue weighted by Crippen LogP contribution is 2.12. The van der Waals surface area contributed by atoms with Gasteiger partial charge in [0, 0.05) is 30.9 Å². The van der Waals surface area contributed by atoms with Gasteiger partial charge in [-0.1, -0.05) is 11.8 Å². The van der Waals surface area contributed by atoms with Gasteiger partial charge in [-0.25, -0.2) is 4.39 Å². The van der Waals surface area contributed by atoms with Crippen LogP contribution in [0, 0.1) is 17.7 Å². The molecule has 1 amide bonds. The number of nitrogens with zero attached hydrogens (tertiary/aromatic N) is 2. The number of halogens is 1. The van der Waals surface area contributed by atoms with Crippen molar-refractivity contribution in [1.82, 2.24) is 15.1 Å². The van der Waals surface area contributed by atoms with Crippen LogP contribution in [0.25, 0.3) is 0 Å². The molecule has 5 nitrogen and oxygen atoms in total. The minimum Gasteiger partial charge on any atom is -0.337 e. The molecule has 2 aromatic rings. The van der Waals surface area contributed by atoms with Gasteiger partial charge in [-0.15, -0.1) is 0 Å². The molecule has 0 fully saturated rings. The Morgan fingerprint density at radius 1 is 1.52 bits per heavy atom. The average Bonchev–Trinajstić information content (AvgIpc) is 2.98. The van der Waals surface area contributed by atoms with Crippen LogP contribution in [0.15, 0.2) is 30.6 Å². The van der Waals surface area contributed by atoms with Gasteiger partial charge in [0.05, 0.1) is 18.3 Å². The molecule has 0 aliphatic carbocycles. The summed E-state index contributed by atoms with van der Waals surface area (Å²) in [6.07, 6.45) is 3.34. The molecule has 1 heterocycles. The first-order valence-electron chi connectivity index (χ1n) is 6.33. The Morgan fingerprint density at radius 3 is 2.95 bits per heavy atom. The Morgan fingerprint density at radius 2 is 2.33 bits per heavy atom. The van der Waals surface area contributed by atoms with Crippen LogP contribution >= 0.6 is 0 Å². The van der Waals surface area contributed by atoms with Gasteiger partial charge in [0.25, 0.3) is 5.91 Å². The van der Waals surface area contributed by atoms with Crippen LogP contribution < -0.4 is 5.73 Å². The quantitative estimate of drug-likeness (QED) is 0.831. The average molecular weight is 286 g/mol. The fraction of sp³-hybridized carbons (Fsp3) is 0.200. The molecule has 1 aromatic heterocycles. The number of benzene rings is 1. The lowest BCUT2D eigenvalue weighted by Crippen LogP contribution is -2.26. The Balaban J connectivity index is 2.14. The predicted molar refractivity (Wildman–Crippen MR) is 76.7 cm³/mol. The third-order valence-corrected chi connectivity index (χ3v) is 2.86. The summed E-state index contributed by atoms with van der Waals surface area (Å²) in [5.74, 6) is 4.40. The Bertz CT molecular complexity index is 685. The molecule has 0 unspecified atom stereocenters. The summed E-state index contributed by atoms with van der Waals surface area (Å²) in [7, 11) is 1.65. The number of hydrogen-bond donors (Lipinski definition) is 2. The summed E-state index contributed by atoms with van der Waals surface area (Å²) in [5, 5.41) is 6.49. The molecule has 0 spiro atoms. The highest BCUT2D eigenvalue weighted by Gasteiger charge is 2.14.